The summed E-state index contributed by atoms with van der Waals surface area (Å²) in [6.45, 7) is 1.25. The first kappa shape index (κ1) is 19.5. The number of nitro benzene ring substituents is 1. The molecule has 1 amide bonds. The number of carbonyl (C=O) groups excluding carboxylic acids is 1. The van der Waals surface area contributed by atoms with Crippen molar-refractivity contribution in [1.29, 1.82) is 0 Å². The van der Waals surface area contributed by atoms with Crippen LogP contribution in [0.5, 0.6) is 0 Å². The first-order valence-corrected chi connectivity index (χ1v) is 9.96. The SMILES string of the molecule is O=C(NCCn1ncc2c(NCc3cccs3)ncnc21)c1ccccc1[N+](=O)[O-]. The summed E-state index contributed by atoms with van der Waals surface area (Å²) in [6, 6.07) is 9.87. The van der Waals surface area contributed by atoms with Gasteiger partial charge in [-0.1, -0.05) is 18.2 Å². The minimum Gasteiger partial charge on any atom is -0.364 e. The van der Waals surface area contributed by atoms with Gasteiger partial charge in [-0.3, -0.25) is 14.9 Å². The molecule has 10 nitrogen and oxygen atoms in total. The number of nitrogens with one attached hydrogen (secondary N) is 2. The van der Waals surface area contributed by atoms with Gasteiger partial charge >= 0.3 is 0 Å². The second kappa shape index (κ2) is 8.66. The molecule has 3 aromatic heterocycles. The number of nitro groups is 1. The number of fused-ring (bicyclic) bond motifs is 1. The van der Waals surface area contributed by atoms with E-state index >= 15 is 0 Å². The average Bonchev–Trinajstić information content (AvgIpc) is 3.42. The van der Waals surface area contributed by atoms with Gasteiger partial charge in [0.1, 0.15) is 17.7 Å². The predicted molar refractivity (Wildman–Crippen MR) is 112 cm³/mol. The van der Waals surface area contributed by atoms with Crippen molar-refractivity contribution >= 4 is 39.8 Å². The van der Waals surface area contributed by atoms with Crippen LogP contribution in [0.1, 0.15) is 15.2 Å². The molecule has 30 heavy (non-hydrogen) atoms. The summed E-state index contributed by atoms with van der Waals surface area (Å²) >= 11 is 1.66. The third-order valence-electron chi connectivity index (χ3n) is 4.40. The van der Waals surface area contributed by atoms with Gasteiger partial charge in [-0.15, -0.1) is 11.3 Å². The molecule has 0 spiro atoms. The minimum atomic E-state index is -0.572. The lowest BCUT2D eigenvalue weighted by Gasteiger charge is -2.07. The largest absolute Gasteiger partial charge is 0.364 e. The molecule has 0 atom stereocenters. The van der Waals surface area contributed by atoms with Crippen LogP contribution in [0.2, 0.25) is 0 Å². The zero-order valence-corrected chi connectivity index (χ0v) is 16.5. The summed E-state index contributed by atoms with van der Waals surface area (Å²) in [5.74, 6) is 0.176. The number of hydrogen-bond donors (Lipinski definition) is 2. The maximum absolute atomic E-state index is 12.3. The summed E-state index contributed by atoms with van der Waals surface area (Å²) in [5.41, 5.74) is 0.433. The van der Waals surface area contributed by atoms with Crippen LogP contribution >= 0.6 is 11.3 Å². The molecule has 152 valence electrons. The van der Waals surface area contributed by atoms with Gasteiger partial charge in [0.25, 0.3) is 11.6 Å². The monoisotopic (exact) mass is 423 g/mol. The number of para-hydroxylation sites is 1. The van der Waals surface area contributed by atoms with E-state index in [2.05, 4.69) is 25.7 Å². The van der Waals surface area contributed by atoms with Crippen LogP contribution < -0.4 is 10.6 Å². The van der Waals surface area contributed by atoms with Crippen LogP contribution in [0.4, 0.5) is 11.5 Å². The second-order valence-electron chi connectivity index (χ2n) is 6.29. The topological polar surface area (TPSA) is 128 Å². The molecule has 0 aliphatic rings. The highest BCUT2D eigenvalue weighted by Crippen LogP contribution is 2.20. The van der Waals surface area contributed by atoms with E-state index in [1.54, 1.807) is 28.3 Å². The van der Waals surface area contributed by atoms with E-state index in [1.165, 1.54) is 29.4 Å². The fraction of sp³-hybridized carbons (Fsp3) is 0.158. The molecule has 0 fully saturated rings. The molecular weight excluding hydrogens is 406 g/mol. The third-order valence-corrected chi connectivity index (χ3v) is 5.27. The van der Waals surface area contributed by atoms with Gasteiger partial charge in [-0.25, -0.2) is 14.6 Å². The molecule has 0 radical (unpaired) electrons. The van der Waals surface area contributed by atoms with E-state index in [4.69, 9.17) is 0 Å². The number of hydrogen-bond acceptors (Lipinski definition) is 8. The van der Waals surface area contributed by atoms with Crippen molar-refractivity contribution in [2.75, 3.05) is 11.9 Å². The highest BCUT2D eigenvalue weighted by molar-refractivity contribution is 7.09. The van der Waals surface area contributed by atoms with Gasteiger partial charge in [-0.2, -0.15) is 5.10 Å². The summed E-state index contributed by atoms with van der Waals surface area (Å²) in [6.07, 6.45) is 3.14. The second-order valence-corrected chi connectivity index (χ2v) is 7.32. The van der Waals surface area contributed by atoms with Crippen molar-refractivity contribution in [1.82, 2.24) is 25.1 Å². The molecule has 2 N–H and O–H groups in total. The molecule has 0 saturated heterocycles. The number of rotatable bonds is 8. The molecule has 0 aliphatic carbocycles. The molecule has 0 bridgehead atoms. The van der Waals surface area contributed by atoms with Crippen LogP contribution in [0.15, 0.2) is 54.3 Å². The van der Waals surface area contributed by atoms with Crippen molar-refractivity contribution in [3.63, 3.8) is 0 Å². The summed E-state index contributed by atoms with van der Waals surface area (Å²) in [4.78, 5) is 32.6. The summed E-state index contributed by atoms with van der Waals surface area (Å²) in [7, 11) is 0. The maximum atomic E-state index is 12.3. The van der Waals surface area contributed by atoms with Crippen molar-refractivity contribution in [3.05, 3.63) is 74.9 Å². The van der Waals surface area contributed by atoms with Crippen molar-refractivity contribution in [2.24, 2.45) is 0 Å². The number of carbonyl (C=O) groups is 1. The Hall–Kier alpha value is -3.86. The Kier molecular flexibility index (Phi) is 5.61. The van der Waals surface area contributed by atoms with E-state index in [-0.39, 0.29) is 17.8 Å². The van der Waals surface area contributed by atoms with Crippen LogP contribution in [0.25, 0.3) is 11.0 Å². The van der Waals surface area contributed by atoms with Crippen molar-refractivity contribution < 1.29 is 9.72 Å². The van der Waals surface area contributed by atoms with Crippen molar-refractivity contribution in [3.8, 4) is 0 Å². The first-order valence-electron chi connectivity index (χ1n) is 9.08. The number of thiophene rings is 1. The Bertz CT molecular complexity index is 1190. The zero-order chi connectivity index (χ0) is 20.9. The van der Waals surface area contributed by atoms with E-state index < -0.39 is 10.8 Å². The Morgan fingerprint density at radius 1 is 1.20 bits per heavy atom. The highest BCUT2D eigenvalue weighted by Gasteiger charge is 2.19. The lowest BCUT2D eigenvalue weighted by atomic mass is 10.1. The van der Waals surface area contributed by atoms with E-state index in [0.29, 0.717) is 24.6 Å². The molecule has 11 heteroatoms. The quantitative estimate of drug-likeness (QED) is 0.329. The van der Waals surface area contributed by atoms with Gasteiger partial charge in [0.05, 0.1) is 29.6 Å². The summed E-state index contributed by atoms with van der Waals surface area (Å²) in [5, 5.41) is 24.2. The standard InChI is InChI=1S/C19H17N7O3S/c27-19(14-5-1-2-6-16(14)26(28)29)20-7-8-25-18-15(11-24-25)17(22-12-23-18)21-10-13-4-3-9-30-13/h1-6,9,11-12H,7-8,10H2,(H,20,27)(H,21,22,23). The molecule has 0 unspecified atom stereocenters. The number of amides is 1. The fourth-order valence-electron chi connectivity index (χ4n) is 2.98. The van der Waals surface area contributed by atoms with Crippen LogP contribution in [0, 0.1) is 10.1 Å². The van der Waals surface area contributed by atoms with Crippen molar-refractivity contribution in [2.45, 2.75) is 13.1 Å². The zero-order valence-electron chi connectivity index (χ0n) is 15.7. The summed E-state index contributed by atoms with van der Waals surface area (Å²) < 4.78 is 1.66. The van der Waals surface area contributed by atoms with Crippen LogP contribution in [-0.4, -0.2) is 37.1 Å². The highest BCUT2D eigenvalue weighted by atomic mass is 32.1. The minimum absolute atomic E-state index is 0.0233. The molecule has 4 rings (SSSR count). The lowest BCUT2D eigenvalue weighted by molar-refractivity contribution is -0.385. The van der Waals surface area contributed by atoms with Gasteiger partial charge in [0, 0.05) is 17.5 Å². The van der Waals surface area contributed by atoms with Gasteiger partial charge in [-0.05, 0) is 17.5 Å². The molecule has 4 aromatic rings. The number of benzene rings is 1. The van der Waals surface area contributed by atoms with Gasteiger partial charge in [0.2, 0.25) is 0 Å². The predicted octanol–water partition coefficient (Wildman–Crippen LogP) is 2.84. The smallest absolute Gasteiger partial charge is 0.282 e. The number of anilines is 1. The van der Waals surface area contributed by atoms with Gasteiger partial charge < -0.3 is 10.6 Å². The maximum Gasteiger partial charge on any atom is 0.282 e. The molecule has 3 heterocycles. The number of nitrogens with zero attached hydrogens (tertiary/aromatic N) is 5. The van der Waals surface area contributed by atoms with Crippen LogP contribution in [-0.2, 0) is 13.1 Å². The average molecular weight is 423 g/mol. The number of aromatic nitrogens is 4. The van der Waals surface area contributed by atoms with E-state index in [0.717, 1.165) is 5.39 Å². The van der Waals surface area contributed by atoms with Gasteiger partial charge in [0.15, 0.2) is 5.65 Å². The normalized spacial score (nSPS) is 10.8. The molecule has 0 aliphatic heterocycles. The van der Waals surface area contributed by atoms with Crippen LogP contribution in [0.3, 0.4) is 0 Å². The Balaban J connectivity index is 1.42. The Morgan fingerprint density at radius 2 is 2.07 bits per heavy atom. The third kappa shape index (κ3) is 4.10. The molecular formula is C19H17N7O3S. The molecule has 0 saturated carbocycles. The Morgan fingerprint density at radius 3 is 2.87 bits per heavy atom. The lowest BCUT2D eigenvalue weighted by Crippen LogP contribution is -2.28. The first-order chi connectivity index (χ1) is 14.6. The molecule has 1 aromatic carbocycles. The fourth-order valence-corrected chi connectivity index (χ4v) is 3.62. The van der Waals surface area contributed by atoms with E-state index in [1.807, 2.05) is 17.5 Å². The Labute approximate surface area is 174 Å². The van der Waals surface area contributed by atoms with E-state index in [9.17, 15) is 14.9 Å².